The number of nitrogens with one attached hydrogen (secondary N) is 1. The van der Waals surface area contributed by atoms with Crippen LogP contribution in [0, 0.1) is 0 Å². The normalized spacial score (nSPS) is 16.9. The average molecular weight is 498 g/mol. The minimum Gasteiger partial charge on any atom is -0.497 e. The van der Waals surface area contributed by atoms with E-state index >= 15 is 0 Å². The van der Waals surface area contributed by atoms with Gasteiger partial charge in [0.15, 0.2) is 5.17 Å². The number of hydrogen-bond donors (Lipinski definition) is 1. The van der Waals surface area contributed by atoms with E-state index in [2.05, 4.69) is 12.2 Å². The molecule has 3 rings (SSSR count). The number of methoxy groups -OCH3 is 1. The van der Waals surface area contributed by atoms with E-state index in [-0.39, 0.29) is 18.2 Å². The van der Waals surface area contributed by atoms with Crippen LogP contribution < -0.4 is 14.8 Å². The van der Waals surface area contributed by atoms with E-state index < -0.39 is 5.25 Å². The van der Waals surface area contributed by atoms with E-state index in [4.69, 9.17) is 14.5 Å². The minimum atomic E-state index is -0.553. The number of aliphatic imine (C=N–C) groups is 1. The maximum Gasteiger partial charge on any atom is 0.238 e. The molecule has 7 nitrogen and oxygen atoms in total. The quantitative estimate of drug-likeness (QED) is 0.363. The number of carbonyl (C=O) groups is 2. The van der Waals surface area contributed by atoms with Gasteiger partial charge in [0.1, 0.15) is 16.7 Å². The molecule has 0 spiro atoms. The number of amidine groups is 1. The lowest BCUT2D eigenvalue weighted by Gasteiger charge is -2.32. The number of hydrogen-bond acceptors (Lipinski definition) is 6. The number of anilines is 1. The Bertz CT molecular complexity index is 992. The molecule has 1 unspecified atom stereocenters. The van der Waals surface area contributed by atoms with Crippen LogP contribution in [0.3, 0.4) is 0 Å². The van der Waals surface area contributed by atoms with Crippen LogP contribution in [0.15, 0.2) is 53.5 Å². The van der Waals surface area contributed by atoms with Crippen LogP contribution in [0.2, 0.25) is 0 Å². The third-order valence-corrected chi connectivity index (χ3v) is 6.84. The van der Waals surface area contributed by atoms with Gasteiger partial charge in [-0.2, -0.15) is 0 Å². The molecule has 0 bridgehead atoms. The zero-order chi connectivity index (χ0) is 25.0. The molecule has 8 heteroatoms. The van der Waals surface area contributed by atoms with Crippen LogP contribution in [0.1, 0.15) is 52.4 Å². The molecule has 35 heavy (non-hydrogen) atoms. The molecule has 1 N–H and O–H groups in total. The lowest BCUT2D eigenvalue weighted by Crippen LogP contribution is -2.45. The molecule has 1 saturated heterocycles. The summed E-state index contributed by atoms with van der Waals surface area (Å²) in [6.45, 7) is 5.30. The largest absolute Gasteiger partial charge is 0.497 e. The van der Waals surface area contributed by atoms with Gasteiger partial charge in [-0.1, -0.05) is 44.4 Å². The van der Waals surface area contributed by atoms with E-state index in [1.165, 1.54) is 24.6 Å². The fourth-order valence-electron chi connectivity index (χ4n) is 3.73. The monoisotopic (exact) mass is 497 g/mol. The highest BCUT2D eigenvalue weighted by Crippen LogP contribution is 2.31. The molecule has 1 atom stereocenters. The number of unbranched alkanes of at least 4 members (excludes halogenated alkanes) is 4. The van der Waals surface area contributed by atoms with Crippen molar-refractivity contribution in [1.29, 1.82) is 0 Å². The fraction of sp³-hybridized carbons (Fsp3) is 0.444. The molecule has 0 radical (unpaired) electrons. The summed E-state index contributed by atoms with van der Waals surface area (Å²) in [5.74, 6) is 1.20. The lowest BCUT2D eigenvalue weighted by atomic mass is 10.1. The molecule has 0 aliphatic carbocycles. The topological polar surface area (TPSA) is 80.2 Å². The smallest absolute Gasteiger partial charge is 0.238 e. The molecule has 1 heterocycles. The first kappa shape index (κ1) is 26.6. The number of amides is 2. The predicted octanol–water partition coefficient (Wildman–Crippen LogP) is 6.02. The molecule has 0 saturated carbocycles. The molecule has 1 aliphatic heterocycles. The minimum absolute atomic E-state index is 0.0710. The van der Waals surface area contributed by atoms with Gasteiger partial charge in [-0.3, -0.25) is 14.5 Å². The molecule has 2 aromatic rings. The SMILES string of the molecule is CCCCCCCN1C(=O)CC(C(=O)Nc2ccc(OCC)cc2)SC1=Nc1ccc(OC)cc1. The second kappa shape index (κ2) is 13.8. The first-order valence-electron chi connectivity index (χ1n) is 12.3. The van der Waals surface area contributed by atoms with Crippen molar-refractivity contribution in [2.45, 2.75) is 57.6 Å². The maximum atomic E-state index is 13.1. The van der Waals surface area contributed by atoms with Crippen molar-refractivity contribution >= 4 is 40.1 Å². The Morgan fingerprint density at radius 2 is 1.71 bits per heavy atom. The molecular formula is C27H35N3O4S. The number of thioether (sulfide) groups is 1. The number of benzene rings is 2. The summed E-state index contributed by atoms with van der Waals surface area (Å²) in [7, 11) is 1.62. The summed E-state index contributed by atoms with van der Waals surface area (Å²) in [6, 6.07) is 14.6. The number of nitrogens with zero attached hydrogens (tertiary/aromatic N) is 2. The van der Waals surface area contributed by atoms with Crippen LogP contribution in [-0.4, -0.2) is 47.4 Å². The van der Waals surface area contributed by atoms with Gasteiger partial charge < -0.3 is 14.8 Å². The highest BCUT2D eigenvalue weighted by molar-refractivity contribution is 8.15. The Hall–Kier alpha value is -3.00. The Morgan fingerprint density at radius 1 is 1.03 bits per heavy atom. The number of rotatable bonds is 12. The first-order chi connectivity index (χ1) is 17.0. The Labute approximate surface area is 212 Å². The summed E-state index contributed by atoms with van der Waals surface area (Å²) in [5, 5.41) is 2.93. The van der Waals surface area contributed by atoms with E-state index in [1.54, 1.807) is 24.1 Å². The Morgan fingerprint density at radius 3 is 2.37 bits per heavy atom. The number of ether oxygens (including phenoxy) is 2. The third-order valence-electron chi connectivity index (χ3n) is 5.65. The second-order valence-electron chi connectivity index (χ2n) is 8.31. The predicted molar refractivity (Wildman–Crippen MR) is 143 cm³/mol. The van der Waals surface area contributed by atoms with Gasteiger partial charge in [-0.15, -0.1) is 0 Å². The van der Waals surface area contributed by atoms with Gasteiger partial charge in [0.2, 0.25) is 11.8 Å². The van der Waals surface area contributed by atoms with E-state index in [0.717, 1.165) is 30.8 Å². The highest BCUT2D eigenvalue weighted by Gasteiger charge is 2.35. The van der Waals surface area contributed by atoms with Gasteiger partial charge in [-0.25, -0.2) is 4.99 Å². The van der Waals surface area contributed by atoms with E-state index in [1.807, 2.05) is 43.3 Å². The van der Waals surface area contributed by atoms with Gasteiger partial charge in [-0.05, 0) is 61.9 Å². The maximum absolute atomic E-state index is 13.1. The zero-order valence-corrected chi connectivity index (χ0v) is 21.6. The fourth-order valence-corrected chi connectivity index (χ4v) is 4.85. The highest BCUT2D eigenvalue weighted by atomic mass is 32.2. The Balaban J connectivity index is 1.73. The van der Waals surface area contributed by atoms with Gasteiger partial charge in [0.05, 0.1) is 19.4 Å². The second-order valence-corrected chi connectivity index (χ2v) is 9.48. The molecule has 188 valence electrons. The van der Waals surface area contributed by atoms with Crippen molar-refractivity contribution in [2.24, 2.45) is 4.99 Å². The summed E-state index contributed by atoms with van der Waals surface area (Å²) in [4.78, 5) is 32.6. The van der Waals surface area contributed by atoms with Gasteiger partial charge in [0.25, 0.3) is 0 Å². The molecule has 1 fully saturated rings. The molecule has 1 aliphatic rings. The molecule has 0 aromatic heterocycles. The van der Waals surface area contributed by atoms with Crippen LogP contribution in [0.25, 0.3) is 0 Å². The van der Waals surface area contributed by atoms with E-state index in [9.17, 15) is 9.59 Å². The van der Waals surface area contributed by atoms with Crippen molar-refractivity contribution in [3.63, 3.8) is 0 Å². The van der Waals surface area contributed by atoms with Crippen molar-refractivity contribution in [1.82, 2.24) is 4.90 Å². The van der Waals surface area contributed by atoms with Crippen molar-refractivity contribution in [2.75, 3.05) is 25.6 Å². The first-order valence-corrected chi connectivity index (χ1v) is 13.2. The van der Waals surface area contributed by atoms with Gasteiger partial charge in [0, 0.05) is 18.7 Å². The van der Waals surface area contributed by atoms with Crippen LogP contribution in [0.5, 0.6) is 11.5 Å². The average Bonchev–Trinajstić information content (AvgIpc) is 2.87. The summed E-state index contributed by atoms with van der Waals surface area (Å²) in [5.41, 5.74) is 1.38. The summed E-state index contributed by atoms with van der Waals surface area (Å²) in [6.07, 6.45) is 5.65. The zero-order valence-electron chi connectivity index (χ0n) is 20.8. The summed E-state index contributed by atoms with van der Waals surface area (Å²) >= 11 is 1.34. The third kappa shape index (κ3) is 8.02. The van der Waals surface area contributed by atoms with Gasteiger partial charge >= 0.3 is 0 Å². The van der Waals surface area contributed by atoms with Crippen molar-refractivity contribution in [3.8, 4) is 11.5 Å². The molecule has 2 amide bonds. The van der Waals surface area contributed by atoms with Crippen LogP contribution in [-0.2, 0) is 9.59 Å². The van der Waals surface area contributed by atoms with Crippen molar-refractivity contribution < 1.29 is 19.1 Å². The Kier molecular flexibility index (Phi) is 10.5. The lowest BCUT2D eigenvalue weighted by molar-refractivity contribution is -0.129. The van der Waals surface area contributed by atoms with Crippen LogP contribution in [0.4, 0.5) is 11.4 Å². The van der Waals surface area contributed by atoms with E-state index in [0.29, 0.717) is 29.7 Å². The molecular weight excluding hydrogens is 462 g/mol. The number of carbonyl (C=O) groups excluding carboxylic acids is 2. The summed E-state index contributed by atoms with van der Waals surface area (Å²) < 4.78 is 10.7. The van der Waals surface area contributed by atoms with Crippen LogP contribution >= 0.6 is 11.8 Å². The van der Waals surface area contributed by atoms with Crippen molar-refractivity contribution in [3.05, 3.63) is 48.5 Å². The standard InChI is InChI=1S/C27H35N3O4S/c1-4-6-7-8-9-18-30-25(31)19-24(26(32)28-20-12-16-23(17-13-20)34-5-2)35-27(30)29-21-10-14-22(33-3)15-11-21/h10-17,24H,4-9,18-19H2,1-3H3,(H,28,32). The molecule has 2 aromatic carbocycles.